The fourth-order valence-electron chi connectivity index (χ4n) is 4.19. The molecule has 2 unspecified atom stereocenters. The van der Waals surface area contributed by atoms with Gasteiger partial charge in [-0.1, -0.05) is 60.1 Å². The van der Waals surface area contributed by atoms with E-state index in [1.54, 1.807) is 0 Å². The van der Waals surface area contributed by atoms with Gasteiger partial charge in [-0.2, -0.15) is 0 Å². The molecule has 0 bridgehead atoms. The number of nitrogen functional groups attached to an aromatic ring is 1. The first-order valence-corrected chi connectivity index (χ1v) is 10.9. The van der Waals surface area contributed by atoms with Crippen molar-refractivity contribution in [3.05, 3.63) is 88.2 Å². The first kappa shape index (κ1) is 23.0. The quantitative estimate of drug-likeness (QED) is 0.383. The van der Waals surface area contributed by atoms with Crippen LogP contribution in [0.1, 0.15) is 35.1 Å². The molecular weight excluding hydrogens is 447 g/mol. The molecule has 0 aliphatic heterocycles. The molecule has 172 valence electrons. The maximum absolute atomic E-state index is 13.6. The molecular formula is C25H24ClFN2O4. The third-order valence-electron chi connectivity index (χ3n) is 5.86. The van der Waals surface area contributed by atoms with Crippen molar-refractivity contribution >= 4 is 23.4 Å². The van der Waals surface area contributed by atoms with Gasteiger partial charge in [0.2, 0.25) is 0 Å². The van der Waals surface area contributed by atoms with Gasteiger partial charge in [0.05, 0.1) is 16.8 Å². The van der Waals surface area contributed by atoms with Crippen LogP contribution >= 0.6 is 11.6 Å². The SMILES string of the molecule is Nc1c(Cl)cc(F)cc1C(O)C(O)CCNC(=O)OCC1c2ccccc2-c2ccccc21. The van der Waals surface area contributed by atoms with Gasteiger partial charge in [0, 0.05) is 18.0 Å². The van der Waals surface area contributed by atoms with E-state index in [9.17, 15) is 19.4 Å². The lowest BCUT2D eigenvalue weighted by Gasteiger charge is -2.20. The molecule has 1 aliphatic rings. The summed E-state index contributed by atoms with van der Waals surface area (Å²) < 4.78 is 19.0. The maximum Gasteiger partial charge on any atom is 0.407 e. The normalized spacial score (nSPS) is 14.3. The van der Waals surface area contributed by atoms with Crippen molar-refractivity contribution in [1.82, 2.24) is 5.32 Å². The number of aliphatic hydroxyl groups excluding tert-OH is 2. The first-order chi connectivity index (χ1) is 15.9. The zero-order valence-electron chi connectivity index (χ0n) is 17.7. The fourth-order valence-corrected chi connectivity index (χ4v) is 4.40. The average Bonchev–Trinajstić information content (AvgIpc) is 3.13. The number of halogens is 2. The molecule has 0 fully saturated rings. The van der Waals surface area contributed by atoms with Crippen LogP contribution in [0.4, 0.5) is 14.9 Å². The summed E-state index contributed by atoms with van der Waals surface area (Å²) >= 11 is 5.83. The van der Waals surface area contributed by atoms with Crippen LogP contribution in [0.25, 0.3) is 11.1 Å². The molecule has 8 heteroatoms. The lowest BCUT2D eigenvalue weighted by atomic mass is 9.98. The average molecular weight is 471 g/mol. The van der Waals surface area contributed by atoms with Gasteiger partial charge in [-0.15, -0.1) is 0 Å². The summed E-state index contributed by atoms with van der Waals surface area (Å²) in [7, 11) is 0. The Morgan fingerprint density at radius 2 is 1.70 bits per heavy atom. The molecule has 2 atom stereocenters. The summed E-state index contributed by atoms with van der Waals surface area (Å²) in [5.74, 6) is -0.733. The minimum Gasteiger partial charge on any atom is -0.449 e. The number of carbonyl (C=O) groups excluding carboxylic acids is 1. The highest BCUT2D eigenvalue weighted by molar-refractivity contribution is 6.33. The zero-order chi connectivity index (χ0) is 23.5. The smallest absolute Gasteiger partial charge is 0.407 e. The third kappa shape index (κ3) is 4.80. The summed E-state index contributed by atoms with van der Waals surface area (Å²) in [6, 6.07) is 18.1. The predicted octanol–water partition coefficient (Wildman–Crippen LogP) is 4.38. The van der Waals surface area contributed by atoms with Crippen LogP contribution in [0.3, 0.4) is 0 Å². The number of nitrogens with one attached hydrogen (secondary N) is 1. The van der Waals surface area contributed by atoms with Gasteiger partial charge < -0.3 is 26.0 Å². The summed E-state index contributed by atoms with van der Waals surface area (Å²) in [5, 5.41) is 23.1. The van der Waals surface area contributed by atoms with E-state index >= 15 is 0 Å². The summed E-state index contributed by atoms with van der Waals surface area (Å²) in [5.41, 5.74) is 10.2. The number of aliphatic hydroxyl groups is 2. The molecule has 0 saturated carbocycles. The van der Waals surface area contributed by atoms with Crippen molar-refractivity contribution in [2.24, 2.45) is 0 Å². The van der Waals surface area contributed by atoms with Crippen LogP contribution in [0.15, 0.2) is 60.7 Å². The molecule has 0 saturated heterocycles. The van der Waals surface area contributed by atoms with E-state index in [2.05, 4.69) is 17.4 Å². The summed E-state index contributed by atoms with van der Waals surface area (Å²) in [6.07, 6.45) is -3.38. The Morgan fingerprint density at radius 3 is 2.33 bits per heavy atom. The van der Waals surface area contributed by atoms with Gasteiger partial charge in [0.25, 0.3) is 0 Å². The zero-order valence-corrected chi connectivity index (χ0v) is 18.4. The van der Waals surface area contributed by atoms with E-state index in [-0.39, 0.29) is 41.8 Å². The number of alkyl carbamates (subject to hydrolysis) is 1. The number of rotatable bonds is 7. The number of fused-ring (bicyclic) bond motifs is 3. The highest BCUT2D eigenvalue weighted by atomic mass is 35.5. The molecule has 0 heterocycles. The molecule has 0 spiro atoms. The van der Waals surface area contributed by atoms with Crippen LogP contribution in [0.2, 0.25) is 5.02 Å². The van der Waals surface area contributed by atoms with Crippen LogP contribution in [-0.2, 0) is 4.74 Å². The Kier molecular flexibility index (Phi) is 6.83. The van der Waals surface area contributed by atoms with Gasteiger partial charge in [0.15, 0.2) is 0 Å². The van der Waals surface area contributed by atoms with Gasteiger partial charge in [-0.3, -0.25) is 0 Å². The standard InChI is InChI=1S/C25H24ClFN2O4/c26-21-12-14(27)11-19(23(21)28)24(31)22(30)9-10-29-25(32)33-13-20-17-7-3-1-5-15(17)16-6-2-4-8-18(16)20/h1-8,11-12,20,22,24,30-31H,9-10,13,28H2,(H,29,32). The number of hydrogen-bond acceptors (Lipinski definition) is 5. The number of nitrogens with two attached hydrogens (primary N) is 1. The summed E-state index contributed by atoms with van der Waals surface area (Å²) in [4.78, 5) is 12.2. The van der Waals surface area contributed by atoms with E-state index in [0.717, 1.165) is 34.4 Å². The van der Waals surface area contributed by atoms with E-state index in [1.807, 2.05) is 36.4 Å². The molecule has 1 aliphatic carbocycles. The van der Waals surface area contributed by atoms with Gasteiger partial charge in [-0.05, 0) is 40.8 Å². The highest BCUT2D eigenvalue weighted by Gasteiger charge is 2.29. The topological polar surface area (TPSA) is 105 Å². The molecule has 3 aromatic rings. The van der Waals surface area contributed by atoms with E-state index in [4.69, 9.17) is 22.1 Å². The first-order valence-electron chi connectivity index (χ1n) is 10.6. The third-order valence-corrected chi connectivity index (χ3v) is 6.18. The van der Waals surface area contributed by atoms with Crippen molar-refractivity contribution in [2.45, 2.75) is 24.5 Å². The minimum absolute atomic E-state index is 0.00106. The number of anilines is 1. The molecule has 6 nitrogen and oxygen atoms in total. The molecule has 0 radical (unpaired) electrons. The number of benzene rings is 3. The second-order valence-corrected chi connectivity index (χ2v) is 8.35. The number of carbonyl (C=O) groups is 1. The van der Waals surface area contributed by atoms with E-state index in [0.29, 0.717) is 0 Å². The van der Waals surface area contributed by atoms with Crippen molar-refractivity contribution in [3.63, 3.8) is 0 Å². The molecule has 3 aromatic carbocycles. The van der Waals surface area contributed by atoms with Crippen LogP contribution < -0.4 is 11.1 Å². The van der Waals surface area contributed by atoms with Crippen molar-refractivity contribution < 1.29 is 24.1 Å². The predicted molar refractivity (Wildman–Crippen MR) is 124 cm³/mol. The van der Waals surface area contributed by atoms with Crippen LogP contribution in [-0.4, -0.2) is 35.6 Å². The van der Waals surface area contributed by atoms with Gasteiger partial charge in [0.1, 0.15) is 18.5 Å². The second kappa shape index (κ2) is 9.79. The lowest BCUT2D eigenvalue weighted by molar-refractivity contribution is 0.0139. The molecule has 33 heavy (non-hydrogen) atoms. The van der Waals surface area contributed by atoms with Crippen molar-refractivity contribution in [2.75, 3.05) is 18.9 Å². The van der Waals surface area contributed by atoms with Crippen molar-refractivity contribution in [3.8, 4) is 11.1 Å². The Hall–Kier alpha value is -3.13. The lowest BCUT2D eigenvalue weighted by Crippen LogP contribution is -2.31. The van der Waals surface area contributed by atoms with Crippen LogP contribution in [0, 0.1) is 5.82 Å². The number of amides is 1. The largest absolute Gasteiger partial charge is 0.449 e. The fraction of sp³-hybridized carbons (Fsp3) is 0.240. The van der Waals surface area contributed by atoms with Gasteiger partial charge in [-0.25, -0.2) is 9.18 Å². The maximum atomic E-state index is 13.6. The Morgan fingerprint density at radius 1 is 1.09 bits per heavy atom. The Labute approximate surface area is 195 Å². The monoisotopic (exact) mass is 470 g/mol. The molecule has 4 rings (SSSR count). The van der Waals surface area contributed by atoms with E-state index < -0.39 is 24.1 Å². The number of ether oxygens (including phenoxy) is 1. The molecule has 5 N–H and O–H groups in total. The Bertz CT molecular complexity index is 1130. The van der Waals surface area contributed by atoms with Crippen LogP contribution in [0.5, 0.6) is 0 Å². The van der Waals surface area contributed by atoms with Crippen molar-refractivity contribution in [1.29, 1.82) is 0 Å². The minimum atomic E-state index is -1.46. The number of hydrogen-bond donors (Lipinski definition) is 4. The molecule has 1 amide bonds. The van der Waals surface area contributed by atoms with Gasteiger partial charge >= 0.3 is 6.09 Å². The highest BCUT2D eigenvalue weighted by Crippen LogP contribution is 2.44. The van der Waals surface area contributed by atoms with E-state index in [1.165, 1.54) is 0 Å². The summed E-state index contributed by atoms with van der Waals surface area (Å²) in [6.45, 7) is 0.210. The Balaban J connectivity index is 1.30. The second-order valence-electron chi connectivity index (χ2n) is 7.94. The molecule has 0 aromatic heterocycles.